The molecule has 0 aromatic heterocycles. The van der Waals surface area contributed by atoms with E-state index in [4.69, 9.17) is 11.6 Å². The number of benzene rings is 1. The quantitative estimate of drug-likeness (QED) is 0.853. The molecule has 82 valence electrons. The largest absolute Gasteiger partial charge is 0.348 e. The van der Waals surface area contributed by atoms with Crippen molar-refractivity contribution >= 4 is 33.4 Å². The van der Waals surface area contributed by atoms with Gasteiger partial charge in [0.1, 0.15) is 5.82 Å². The van der Waals surface area contributed by atoms with Crippen LogP contribution in [0, 0.1) is 5.82 Å². The van der Waals surface area contributed by atoms with Crippen LogP contribution in [0.25, 0.3) is 0 Å². The zero-order chi connectivity index (χ0) is 11.4. The van der Waals surface area contributed by atoms with E-state index in [9.17, 15) is 9.18 Å². The van der Waals surface area contributed by atoms with E-state index in [0.717, 1.165) is 0 Å². The lowest BCUT2D eigenvalue weighted by molar-refractivity contribution is 0.0942. The number of carbonyl (C=O) groups excluding carboxylic acids is 1. The first-order valence-electron chi connectivity index (χ1n) is 4.36. The van der Waals surface area contributed by atoms with Gasteiger partial charge in [0.25, 0.3) is 5.91 Å². The standard InChI is InChI=1S/C10H10BrClFNO/c1-6(5-12)14-10(15)8-4-7(13)2-3-9(8)11/h2-4,6H,5H2,1H3,(H,14,15). The van der Waals surface area contributed by atoms with Crippen LogP contribution in [-0.2, 0) is 0 Å². The molecule has 0 heterocycles. The summed E-state index contributed by atoms with van der Waals surface area (Å²) in [5.41, 5.74) is 0.270. The lowest BCUT2D eigenvalue weighted by atomic mass is 10.2. The highest BCUT2D eigenvalue weighted by Crippen LogP contribution is 2.17. The van der Waals surface area contributed by atoms with Crippen molar-refractivity contribution in [2.45, 2.75) is 13.0 Å². The minimum absolute atomic E-state index is 0.144. The highest BCUT2D eigenvalue weighted by Gasteiger charge is 2.12. The molecule has 5 heteroatoms. The van der Waals surface area contributed by atoms with Crippen LogP contribution >= 0.6 is 27.5 Å². The molecule has 1 N–H and O–H groups in total. The zero-order valence-electron chi connectivity index (χ0n) is 8.06. The van der Waals surface area contributed by atoms with Crippen molar-refractivity contribution < 1.29 is 9.18 Å². The van der Waals surface area contributed by atoms with Crippen molar-refractivity contribution in [2.75, 3.05) is 5.88 Å². The van der Waals surface area contributed by atoms with Gasteiger partial charge in [0, 0.05) is 16.4 Å². The molecule has 1 aromatic carbocycles. The molecule has 0 aliphatic heterocycles. The summed E-state index contributed by atoms with van der Waals surface area (Å²) in [5, 5.41) is 2.65. The smallest absolute Gasteiger partial charge is 0.252 e. The van der Waals surface area contributed by atoms with Crippen LogP contribution in [0.2, 0.25) is 0 Å². The van der Waals surface area contributed by atoms with Gasteiger partial charge in [0.2, 0.25) is 0 Å². The van der Waals surface area contributed by atoms with Gasteiger partial charge in [0.05, 0.1) is 5.56 Å². The number of halogens is 3. The number of alkyl halides is 1. The normalized spacial score (nSPS) is 12.3. The van der Waals surface area contributed by atoms with Gasteiger partial charge in [-0.3, -0.25) is 4.79 Å². The Hall–Kier alpha value is -0.610. The molecule has 0 aliphatic rings. The Morgan fingerprint density at radius 1 is 1.67 bits per heavy atom. The van der Waals surface area contributed by atoms with E-state index in [-0.39, 0.29) is 17.5 Å². The van der Waals surface area contributed by atoms with E-state index in [1.165, 1.54) is 18.2 Å². The Morgan fingerprint density at radius 3 is 2.93 bits per heavy atom. The van der Waals surface area contributed by atoms with Gasteiger partial charge in [-0.1, -0.05) is 0 Å². The SMILES string of the molecule is CC(CCl)NC(=O)c1cc(F)ccc1Br. The highest BCUT2D eigenvalue weighted by atomic mass is 79.9. The summed E-state index contributed by atoms with van der Waals surface area (Å²) in [4.78, 5) is 11.6. The number of rotatable bonds is 3. The van der Waals surface area contributed by atoms with Crippen LogP contribution < -0.4 is 5.32 Å². The lowest BCUT2D eigenvalue weighted by Crippen LogP contribution is -2.33. The summed E-state index contributed by atoms with van der Waals surface area (Å²) in [5.74, 6) is -0.463. The number of amides is 1. The molecule has 0 bridgehead atoms. The number of nitrogens with one attached hydrogen (secondary N) is 1. The molecule has 1 amide bonds. The van der Waals surface area contributed by atoms with Crippen LogP contribution in [0.15, 0.2) is 22.7 Å². The molecule has 2 nitrogen and oxygen atoms in total. The van der Waals surface area contributed by atoms with Gasteiger partial charge < -0.3 is 5.32 Å². The number of hydrogen-bond acceptors (Lipinski definition) is 1. The molecule has 0 saturated carbocycles. The Kier molecular flexibility index (Phi) is 4.54. The summed E-state index contributed by atoms with van der Waals surface area (Å²) < 4.78 is 13.5. The van der Waals surface area contributed by atoms with Crippen molar-refractivity contribution in [2.24, 2.45) is 0 Å². The average Bonchev–Trinajstić information content (AvgIpc) is 2.21. The van der Waals surface area contributed by atoms with E-state index >= 15 is 0 Å². The molecule has 0 spiro atoms. The van der Waals surface area contributed by atoms with E-state index in [2.05, 4.69) is 21.2 Å². The molecule has 15 heavy (non-hydrogen) atoms. The van der Waals surface area contributed by atoms with E-state index in [0.29, 0.717) is 10.4 Å². The third kappa shape index (κ3) is 3.47. The van der Waals surface area contributed by atoms with Gasteiger partial charge in [-0.25, -0.2) is 4.39 Å². The fourth-order valence-electron chi connectivity index (χ4n) is 1.01. The van der Waals surface area contributed by atoms with Crippen LogP contribution in [-0.4, -0.2) is 17.8 Å². The molecule has 1 rings (SSSR count). The van der Waals surface area contributed by atoms with Crippen molar-refractivity contribution in [3.8, 4) is 0 Å². The Labute approximate surface area is 101 Å². The highest BCUT2D eigenvalue weighted by molar-refractivity contribution is 9.10. The number of carbonyl (C=O) groups is 1. The molecule has 1 unspecified atom stereocenters. The maximum Gasteiger partial charge on any atom is 0.252 e. The lowest BCUT2D eigenvalue weighted by Gasteiger charge is -2.11. The maximum atomic E-state index is 12.9. The summed E-state index contributed by atoms with van der Waals surface area (Å²) >= 11 is 8.74. The second-order valence-corrected chi connectivity index (χ2v) is 4.32. The molecule has 0 saturated heterocycles. The molecule has 1 aromatic rings. The van der Waals surface area contributed by atoms with E-state index in [1.807, 2.05) is 0 Å². The van der Waals surface area contributed by atoms with Gasteiger partial charge in [-0.15, -0.1) is 11.6 Å². The zero-order valence-corrected chi connectivity index (χ0v) is 10.4. The fourth-order valence-corrected chi connectivity index (χ4v) is 1.52. The molecule has 0 aliphatic carbocycles. The number of hydrogen-bond donors (Lipinski definition) is 1. The predicted octanol–water partition coefficient (Wildman–Crippen LogP) is 2.95. The van der Waals surface area contributed by atoms with E-state index < -0.39 is 5.82 Å². The summed E-state index contributed by atoms with van der Waals surface area (Å²) in [6.07, 6.45) is 0. The minimum Gasteiger partial charge on any atom is -0.348 e. The Morgan fingerprint density at radius 2 is 2.33 bits per heavy atom. The summed E-state index contributed by atoms with van der Waals surface area (Å²) in [6.45, 7) is 1.78. The second kappa shape index (κ2) is 5.47. The third-order valence-corrected chi connectivity index (χ3v) is 2.94. The molecular weight excluding hydrogens is 284 g/mol. The molecule has 0 radical (unpaired) electrons. The van der Waals surface area contributed by atoms with Gasteiger partial charge >= 0.3 is 0 Å². The second-order valence-electron chi connectivity index (χ2n) is 3.15. The van der Waals surface area contributed by atoms with Crippen LogP contribution in [0.4, 0.5) is 4.39 Å². The van der Waals surface area contributed by atoms with Gasteiger partial charge in [-0.05, 0) is 41.1 Å². The van der Waals surface area contributed by atoms with Crippen LogP contribution in [0.5, 0.6) is 0 Å². The van der Waals surface area contributed by atoms with Gasteiger partial charge in [0.15, 0.2) is 0 Å². The topological polar surface area (TPSA) is 29.1 Å². The van der Waals surface area contributed by atoms with E-state index in [1.54, 1.807) is 6.92 Å². The minimum atomic E-state index is -0.443. The van der Waals surface area contributed by atoms with Crippen molar-refractivity contribution in [3.63, 3.8) is 0 Å². The van der Waals surface area contributed by atoms with Gasteiger partial charge in [-0.2, -0.15) is 0 Å². The first-order chi connectivity index (χ1) is 7.04. The Bertz CT molecular complexity index is 372. The Balaban J connectivity index is 2.86. The summed E-state index contributed by atoms with van der Waals surface area (Å²) in [6, 6.07) is 3.82. The molecule has 0 fully saturated rings. The predicted molar refractivity (Wildman–Crippen MR) is 61.7 cm³/mol. The first kappa shape index (κ1) is 12.5. The fraction of sp³-hybridized carbons (Fsp3) is 0.300. The van der Waals surface area contributed by atoms with Crippen molar-refractivity contribution in [1.29, 1.82) is 0 Å². The molecular formula is C10H10BrClFNO. The summed E-state index contributed by atoms with van der Waals surface area (Å²) in [7, 11) is 0. The third-order valence-electron chi connectivity index (χ3n) is 1.78. The van der Waals surface area contributed by atoms with Crippen molar-refractivity contribution in [3.05, 3.63) is 34.1 Å². The van der Waals surface area contributed by atoms with Crippen molar-refractivity contribution in [1.82, 2.24) is 5.32 Å². The monoisotopic (exact) mass is 293 g/mol. The first-order valence-corrected chi connectivity index (χ1v) is 5.69. The average molecular weight is 295 g/mol. The van der Waals surface area contributed by atoms with Crippen LogP contribution in [0.1, 0.15) is 17.3 Å². The molecule has 1 atom stereocenters. The maximum absolute atomic E-state index is 12.9. The van der Waals surface area contributed by atoms with Crippen LogP contribution in [0.3, 0.4) is 0 Å².